The van der Waals surface area contributed by atoms with Crippen LogP contribution < -0.4 is 0 Å². The molecule has 1 amide bonds. The first-order valence-corrected chi connectivity index (χ1v) is 6.58. The first-order valence-electron chi connectivity index (χ1n) is 6.58. The van der Waals surface area contributed by atoms with E-state index < -0.39 is 0 Å². The Kier molecular flexibility index (Phi) is 3.90. The highest BCUT2D eigenvalue weighted by molar-refractivity contribution is 5.91. The van der Waals surface area contributed by atoms with Gasteiger partial charge in [0.25, 0.3) is 0 Å². The molecule has 0 radical (unpaired) electrons. The van der Waals surface area contributed by atoms with Crippen LogP contribution in [0.5, 0.6) is 0 Å². The summed E-state index contributed by atoms with van der Waals surface area (Å²) in [4.78, 5) is 14.0. The number of likely N-dealkylation sites (tertiary alicyclic amines) is 1. The number of furan rings is 1. The third kappa shape index (κ3) is 3.25. The van der Waals surface area contributed by atoms with E-state index in [1.54, 1.807) is 12.2 Å². The van der Waals surface area contributed by atoms with Crippen molar-refractivity contribution in [2.24, 2.45) is 11.8 Å². The van der Waals surface area contributed by atoms with Gasteiger partial charge < -0.3 is 9.32 Å². The second-order valence-electron chi connectivity index (χ2n) is 5.47. The van der Waals surface area contributed by atoms with Gasteiger partial charge in [-0.3, -0.25) is 4.79 Å². The van der Waals surface area contributed by atoms with Crippen LogP contribution >= 0.6 is 0 Å². The summed E-state index contributed by atoms with van der Waals surface area (Å²) in [5.41, 5.74) is 0. The SMILES string of the molecule is Cc1ccc(/C=C/C(=O)N2C[C@H](C)C[C@H](C)C2)o1. The normalized spacial score (nSPS) is 24.7. The molecule has 2 heterocycles. The van der Waals surface area contributed by atoms with Crippen LogP contribution in [0.15, 0.2) is 22.6 Å². The van der Waals surface area contributed by atoms with Gasteiger partial charge in [0.2, 0.25) is 5.91 Å². The van der Waals surface area contributed by atoms with Gasteiger partial charge in [0.05, 0.1) is 0 Å². The van der Waals surface area contributed by atoms with E-state index in [0.717, 1.165) is 24.6 Å². The van der Waals surface area contributed by atoms with E-state index in [9.17, 15) is 4.79 Å². The lowest BCUT2D eigenvalue weighted by molar-refractivity contribution is -0.128. The highest BCUT2D eigenvalue weighted by atomic mass is 16.3. The Morgan fingerprint density at radius 3 is 2.56 bits per heavy atom. The van der Waals surface area contributed by atoms with Crippen molar-refractivity contribution >= 4 is 12.0 Å². The first kappa shape index (κ1) is 12.9. The number of carbonyl (C=O) groups excluding carboxylic acids is 1. The monoisotopic (exact) mass is 247 g/mol. The summed E-state index contributed by atoms with van der Waals surface area (Å²) in [7, 11) is 0. The van der Waals surface area contributed by atoms with E-state index in [4.69, 9.17) is 4.42 Å². The molecule has 98 valence electrons. The summed E-state index contributed by atoms with van der Waals surface area (Å²) in [6.45, 7) is 8.04. The predicted octanol–water partition coefficient (Wildman–Crippen LogP) is 3.11. The van der Waals surface area contributed by atoms with E-state index in [-0.39, 0.29) is 5.91 Å². The van der Waals surface area contributed by atoms with Crippen molar-refractivity contribution in [2.75, 3.05) is 13.1 Å². The lowest BCUT2D eigenvalue weighted by Gasteiger charge is -2.34. The fourth-order valence-electron chi connectivity index (χ4n) is 2.64. The molecule has 3 nitrogen and oxygen atoms in total. The zero-order chi connectivity index (χ0) is 13.1. The Morgan fingerprint density at radius 2 is 2.00 bits per heavy atom. The Balaban J connectivity index is 1.97. The Bertz CT molecular complexity index is 437. The van der Waals surface area contributed by atoms with Crippen LogP contribution in [0.2, 0.25) is 0 Å². The quantitative estimate of drug-likeness (QED) is 0.752. The fourth-order valence-corrected chi connectivity index (χ4v) is 2.64. The maximum absolute atomic E-state index is 12.1. The van der Waals surface area contributed by atoms with Crippen molar-refractivity contribution in [3.8, 4) is 0 Å². The minimum atomic E-state index is 0.0856. The summed E-state index contributed by atoms with van der Waals surface area (Å²) >= 11 is 0. The standard InChI is InChI=1S/C15H21NO2/c1-11-8-12(2)10-16(9-11)15(17)7-6-14-5-4-13(3)18-14/h4-7,11-12H,8-10H2,1-3H3/b7-6+/t11-,12+. The molecule has 1 fully saturated rings. The van der Waals surface area contributed by atoms with Crippen molar-refractivity contribution in [1.29, 1.82) is 0 Å². The molecule has 0 unspecified atom stereocenters. The molecule has 3 heteroatoms. The summed E-state index contributed by atoms with van der Waals surface area (Å²) < 4.78 is 5.41. The van der Waals surface area contributed by atoms with E-state index >= 15 is 0 Å². The second kappa shape index (κ2) is 5.42. The van der Waals surface area contributed by atoms with E-state index in [2.05, 4.69) is 13.8 Å². The van der Waals surface area contributed by atoms with Gasteiger partial charge in [-0.2, -0.15) is 0 Å². The smallest absolute Gasteiger partial charge is 0.246 e. The molecule has 0 spiro atoms. The van der Waals surface area contributed by atoms with Crippen molar-refractivity contribution in [1.82, 2.24) is 4.90 Å². The number of carbonyl (C=O) groups is 1. The van der Waals surface area contributed by atoms with Gasteiger partial charge in [-0.05, 0) is 43.4 Å². The average Bonchev–Trinajstić information content (AvgIpc) is 2.70. The van der Waals surface area contributed by atoms with E-state index in [1.165, 1.54) is 6.42 Å². The molecule has 2 atom stereocenters. The number of aryl methyl sites for hydroxylation is 1. The topological polar surface area (TPSA) is 33.5 Å². The zero-order valence-electron chi connectivity index (χ0n) is 11.3. The van der Waals surface area contributed by atoms with Crippen molar-refractivity contribution < 1.29 is 9.21 Å². The molecule has 1 saturated heterocycles. The van der Waals surface area contributed by atoms with Crippen LogP contribution in [-0.2, 0) is 4.79 Å². The molecule has 18 heavy (non-hydrogen) atoms. The Morgan fingerprint density at radius 1 is 1.33 bits per heavy atom. The predicted molar refractivity (Wildman–Crippen MR) is 72.0 cm³/mol. The van der Waals surface area contributed by atoms with Crippen LogP contribution in [0, 0.1) is 18.8 Å². The number of amides is 1. The van der Waals surface area contributed by atoms with Gasteiger partial charge in [0, 0.05) is 19.2 Å². The van der Waals surface area contributed by atoms with Crippen molar-refractivity contribution in [2.45, 2.75) is 27.2 Å². The van der Waals surface area contributed by atoms with E-state index in [0.29, 0.717) is 11.8 Å². The molecule has 0 bridgehead atoms. The number of nitrogens with zero attached hydrogens (tertiary/aromatic N) is 1. The zero-order valence-corrected chi connectivity index (χ0v) is 11.3. The molecule has 0 saturated carbocycles. The van der Waals surface area contributed by atoms with Crippen LogP contribution in [0.4, 0.5) is 0 Å². The third-order valence-corrected chi connectivity index (χ3v) is 3.33. The summed E-state index contributed by atoms with van der Waals surface area (Å²) in [5.74, 6) is 2.87. The first-order chi connectivity index (χ1) is 8.54. The highest BCUT2D eigenvalue weighted by Gasteiger charge is 2.23. The molecule has 0 N–H and O–H groups in total. The Labute approximate surface area is 108 Å². The minimum absolute atomic E-state index is 0.0856. The minimum Gasteiger partial charge on any atom is -0.462 e. The summed E-state index contributed by atoms with van der Waals surface area (Å²) in [6, 6.07) is 3.77. The fraction of sp³-hybridized carbons (Fsp3) is 0.533. The van der Waals surface area contributed by atoms with Gasteiger partial charge in [-0.1, -0.05) is 13.8 Å². The van der Waals surface area contributed by atoms with Gasteiger partial charge in [-0.15, -0.1) is 0 Å². The van der Waals surface area contributed by atoms with Gasteiger partial charge in [-0.25, -0.2) is 0 Å². The lowest BCUT2D eigenvalue weighted by Crippen LogP contribution is -2.41. The van der Waals surface area contributed by atoms with Crippen LogP contribution in [0.25, 0.3) is 6.08 Å². The van der Waals surface area contributed by atoms with Crippen LogP contribution in [-0.4, -0.2) is 23.9 Å². The molecule has 0 aromatic carbocycles. The molecular weight excluding hydrogens is 226 g/mol. The number of hydrogen-bond acceptors (Lipinski definition) is 2. The second-order valence-corrected chi connectivity index (χ2v) is 5.47. The summed E-state index contributed by atoms with van der Waals surface area (Å²) in [6.07, 6.45) is 4.58. The molecule has 2 rings (SSSR count). The number of piperidine rings is 1. The average molecular weight is 247 g/mol. The summed E-state index contributed by atoms with van der Waals surface area (Å²) in [5, 5.41) is 0. The van der Waals surface area contributed by atoms with Crippen LogP contribution in [0.1, 0.15) is 31.8 Å². The van der Waals surface area contributed by atoms with Gasteiger partial charge >= 0.3 is 0 Å². The number of hydrogen-bond donors (Lipinski definition) is 0. The maximum Gasteiger partial charge on any atom is 0.246 e. The maximum atomic E-state index is 12.1. The van der Waals surface area contributed by atoms with Crippen molar-refractivity contribution in [3.05, 3.63) is 29.7 Å². The van der Waals surface area contributed by atoms with Crippen molar-refractivity contribution in [3.63, 3.8) is 0 Å². The largest absolute Gasteiger partial charge is 0.462 e. The van der Waals surface area contributed by atoms with Crippen LogP contribution in [0.3, 0.4) is 0 Å². The third-order valence-electron chi connectivity index (χ3n) is 3.33. The van der Waals surface area contributed by atoms with Gasteiger partial charge in [0.15, 0.2) is 0 Å². The highest BCUT2D eigenvalue weighted by Crippen LogP contribution is 2.21. The Hall–Kier alpha value is -1.51. The molecule has 1 aliphatic heterocycles. The number of rotatable bonds is 2. The molecule has 1 aliphatic rings. The lowest BCUT2D eigenvalue weighted by atomic mass is 9.92. The molecule has 1 aromatic heterocycles. The van der Waals surface area contributed by atoms with Gasteiger partial charge in [0.1, 0.15) is 11.5 Å². The molecule has 1 aromatic rings. The molecule has 0 aliphatic carbocycles. The molecular formula is C15H21NO2. The van der Waals surface area contributed by atoms with E-state index in [1.807, 2.05) is 24.0 Å².